The molecule has 1 N–H and O–H groups in total. The second kappa shape index (κ2) is 8.52. The van der Waals surface area contributed by atoms with Gasteiger partial charge in [-0.25, -0.2) is 4.79 Å². The Morgan fingerprint density at radius 3 is 2.71 bits per heavy atom. The van der Waals surface area contributed by atoms with Crippen LogP contribution in [-0.4, -0.2) is 45.0 Å². The normalized spacial score (nSPS) is 17.4. The number of fused-ring (bicyclic) bond motifs is 1. The fraction of sp³-hybridized carbons (Fsp3) is 0.500. The van der Waals surface area contributed by atoms with Crippen molar-refractivity contribution in [3.8, 4) is 0 Å². The molecule has 2 aromatic rings. The number of carboxylic acids is 1. The summed E-state index contributed by atoms with van der Waals surface area (Å²) in [6.45, 7) is 0.666. The first-order chi connectivity index (χ1) is 13.4. The maximum Gasteiger partial charge on any atom is 0.329 e. The second-order valence-electron chi connectivity index (χ2n) is 7.13. The van der Waals surface area contributed by atoms with Gasteiger partial charge in [-0.2, -0.15) is 0 Å². The Labute approximate surface area is 161 Å². The number of carboxylic acid groups (broad SMARTS) is 1. The molecule has 0 saturated heterocycles. The number of benzene rings is 1. The number of aryl methyl sites for hydroxylation is 2. The van der Waals surface area contributed by atoms with Crippen molar-refractivity contribution in [3.63, 3.8) is 0 Å². The summed E-state index contributed by atoms with van der Waals surface area (Å²) in [6, 6.07) is 5.13. The van der Waals surface area contributed by atoms with Crippen molar-refractivity contribution in [2.24, 2.45) is 7.05 Å². The second-order valence-corrected chi connectivity index (χ2v) is 7.13. The van der Waals surface area contributed by atoms with Crippen molar-refractivity contribution in [2.75, 3.05) is 13.2 Å². The van der Waals surface area contributed by atoms with E-state index in [1.807, 2.05) is 18.2 Å². The first kappa shape index (κ1) is 20.0. The molecule has 8 heteroatoms. The molecule has 1 aromatic carbocycles. The van der Waals surface area contributed by atoms with Crippen LogP contribution in [0, 0.1) is 0 Å². The average Bonchev–Trinajstić information content (AvgIpc) is 2.89. The van der Waals surface area contributed by atoms with Crippen LogP contribution >= 0.6 is 0 Å². The van der Waals surface area contributed by atoms with Crippen LogP contribution in [0.25, 0.3) is 11.0 Å². The summed E-state index contributed by atoms with van der Waals surface area (Å²) in [6.07, 6.45) is 2.05. The number of hydrogen-bond donors (Lipinski definition) is 1. The minimum Gasteiger partial charge on any atom is -0.481 e. The van der Waals surface area contributed by atoms with Crippen LogP contribution in [0.5, 0.6) is 0 Å². The van der Waals surface area contributed by atoms with Gasteiger partial charge in [-0.3, -0.25) is 23.5 Å². The molecule has 0 radical (unpaired) electrons. The minimum atomic E-state index is -0.878. The number of imidazole rings is 1. The predicted octanol–water partition coefficient (Wildman–Crippen LogP) is 1.63. The zero-order valence-electron chi connectivity index (χ0n) is 15.8. The number of ketones is 2. The quantitative estimate of drug-likeness (QED) is 0.544. The molecule has 0 spiro atoms. The Kier molecular flexibility index (Phi) is 6.08. The van der Waals surface area contributed by atoms with Gasteiger partial charge in [-0.05, 0) is 37.0 Å². The first-order valence-electron chi connectivity index (χ1n) is 9.42. The highest BCUT2D eigenvalue weighted by atomic mass is 16.5. The fourth-order valence-electron chi connectivity index (χ4n) is 3.64. The highest BCUT2D eigenvalue weighted by molar-refractivity contribution is 6.03. The van der Waals surface area contributed by atoms with E-state index in [1.54, 1.807) is 7.05 Å². The third kappa shape index (κ3) is 4.22. The van der Waals surface area contributed by atoms with Gasteiger partial charge < -0.3 is 9.84 Å². The SMILES string of the molecule is Cn1c(=O)n(C2CCC(=O)CC2=O)c2ccc(CCCOCCC(=O)O)cc21. The van der Waals surface area contributed by atoms with Crippen molar-refractivity contribution in [3.05, 3.63) is 34.2 Å². The van der Waals surface area contributed by atoms with Gasteiger partial charge in [0.15, 0.2) is 5.78 Å². The summed E-state index contributed by atoms with van der Waals surface area (Å²) < 4.78 is 8.35. The number of rotatable bonds is 8. The Morgan fingerprint density at radius 1 is 1.21 bits per heavy atom. The van der Waals surface area contributed by atoms with Crippen molar-refractivity contribution in [1.82, 2.24) is 9.13 Å². The minimum absolute atomic E-state index is 0.00687. The Bertz CT molecular complexity index is 971. The lowest BCUT2D eigenvalue weighted by Crippen LogP contribution is -2.34. The molecular formula is C20H24N2O6. The van der Waals surface area contributed by atoms with Gasteiger partial charge in [0.05, 0.1) is 36.5 Å². The van der Waals surface area contributed by atoms with Gasteiger partial charge in [0.2, 0.25) is 0 Å². The third-order valence-electron chi connectivity index (χ3n) is 5.12. The summed E-state index contributed by atoms with van der Waals surface area (Å²) in [7, 11) is 1.68. The maximum atomic E-state index is 12.7. The van der Waals surface area contributed by atoms with Crippen LogP contribution < -0.4 is 5.69 Å². The van der Waals surface area contributed by atoms with Crippen molar-refractivity contribution < 1.29 is 24.2 Å². The van der Waals surface area contributed by atoms with E-state index in [0.29, 0.717) is 25.0 Å². The zero-order chi connectivity index (χ0) is 20.3. The van der Waals surface area contributed by atoms with E-state index in [2.05, 4.69) is 0 Å². The molecule has 28 heavy (non-hydrogen) atoms. The Morgan fingerprint density at radius 2 is 2.00 bits per heavy atom. The monoisotopic (exact) mass is 388 g/mol. The van der Waals surface area contributed by atoms with Crippen LogP contribution in [-0.2, 0) is 32.6 Å². The molecule has 1 fully saturated rings. The number of carbonyl (C=O) groups is 3. The molecule has 3 rings (SSSR count). The lowest BCUT2D eigenvalue weighted by atomic mass is 9.92. The molecule has 8 nitrogen and oxygen atoms in total. The smallest absolute Gasteiger partial charge is 0.329 e. The number of ether oxygens (including phenoxy) is 1. The average molecular weight is 388 g/mol. The number of Topliss-reactive ketones (excluding diaryl/α,β-unsaturated/α-hetero) is 2. The van der Waals surface area contributed by atoms with E-state index >= 15 is 0 Å². The van der Waals surface area contributed by atoms with Crippen LogP contribution in [0.2, 0.25) is 0 Å². The highest BCUT2D eigenvalue weighted by Gasteiger charge is 2.31. The van der Waals surface area contributed by atoms with Crippen LogP contribution in [0.15, 0.2) is 23.0 Å². The van der Waals surface area contributed by atoms with Crippen LogP contribution in [0.4, 0.5) is 0 Å². The van der Waals surface area contributed by atoms with Crippen LogP contribution in [0.1, 0.15) is 43.7 Å². The van der Waals surface area contributed by atoms with E-state index in [4.69, 9.17) is 9.84 Å². The van der Waals surface area contributed by atoms with E-state index in [1.165, 1.54) is 9.13 Å². The summed E-state index contributed by atoms with van der Waals surface area (Å²) in [5, 5.41) is 8.57. The molecule has 1 aliphatic rings. The lowest BCUT2D eigenvalue weighted by Gasteiger charge is -2.21. The first-order valence-corrected chi connectivity index (χ1v) is 9.42. The van der Waals surface area contributed by atoms with E-state index < -0.39 is 12.0 Å². The van der Waals surface area contributed by atoms with Gasteiger partial charge in [0, 0.05) is 20.1 Å². The maximum absolute atomic E-state index is 12.7. The van der Waals surface area contributed by atoms with Crippen molar-refractivity contribution in [2.45, 2.75) is 44.6 Å². The zero-order valence-corrected chi connectivity index (χ0v) is 15.8. The Hall–Kier alpha value is -2.74. The number of carbonyl (C=O) groups excluding carboxylic acids is 2. The topological polar surface area (TPSA) is 108 Å². The van der Waals surface area contributed by atoms with Gasteiger partial charge >= 0.3 is 11.7 Å². The number of aliphatic carboxylic acids is 1. The molecule has 1 atom stereocenters. The highest BCUT2D eigenvalue weighted by Crippen LogP contribution is 2.26. The van der Waals surface area contributed by atoms with E-state index in [0.717, 1.165) is 23.9 Å². The van der Waals surface area contributed by atoms with Gasteiger partial charge in [-0.15, -0.1) is 0 Å². The molecule has 0 bridgehead atoms. The van der Waals surface area contributed by atoms with Gasteiger partial charge in [-0.1, -0.05) is 6.07 Å². The van der Waals surface area contributed by atoms with Gasteiger partial charge in [0.25, 0.3) is 0 Å². The summed E-state index contributed by atoms with van der Waals surface area (Å²) in [4.78, 5) is 47.0. The summed E-state index contributed by atoms with van der Waals surface area (Å²) in [5.74, 6) is -1.15. The predicted molar refractivity (Wildman–Crippen MR) is 101 cm³/mol. The van der Waals surface area contributed by atoms with E-state index in [-0.39, 0.29) is 36.7 Å². The largest absolute Gasteiger partial charge is 0.481 e. The standard InChI is InChI=1S/C20H24N2O6/c1-21-17-11-13(3-2-9-28-10-8-19(25)26)4-6-15(17)22(20(21)27)16-7-5-14(23)12-18(16)24/h4,6,11,16H,2-3,5,7-10,12H2,1H3,(H,25,26). The van der Waals surface area contributed by atoms with Gasteiger partial charge in [0.1, 0.15) is 5.78 Å². The van der Waals surface area contributed by atoms with Crippen molar-refractivity contribution in [1.29, 1.82) is 0 Å². The molecule has 150 valence electrons. The third-order valence-corrected chi connectivity index (χ3v) is 5.12. The molecule has 0 aliphatic heterocycles. The van der Waals surface area contributed by atoms with Crippen molar-refractivity contribution >= 4 is 28.6 Å². The molecule has 0 amide bonds. The molecule has 1 saturated carbocycles. The Balaban J connectivity index is 1.74. The number of aromatic nitrogens is 2. The lowest BCUT2D eigenvalue weighted by molar-refractivity contribution is -0.138. The molecule has 1 aliphatic carbocycles. The summed E-state index contributed by atoms with van der Waals surface area (Å²) >= 11 is 0. The molecule has 1 unspecified atom stereocenters. The number of nitrogens with zero attached hydrogens (tertiary/aromatic N) is 2. The molecular weight excluding hydrogens is 364 g/mol. The van der Waals surface area contributed by atoms with E-state index in [9.17, 15) is 19.2 Å². The molecule has 1 aromatic heterocycles. The number of hydrogen-bond acceptors (Lipinski definition) is 5. The fourth-order valence-corrected chi connectivity index (χ4v) is 3.64. The molecule has 1 heterocycles. The van der Waals surface area contributed by atoms with Crippen LogP contribution in [0.3, 0.4) is 0 Å². The summed E-state index contributed by atoms with van der Waals surface area (Å²) in [5.41, 5.74) is 2.23.